The third-order valence-electron chi connectivity index (χ3n) is 16.4. The summed E-state index contributed by atoms with van der Waals surface area (Å²) in [5, 5.41) is 23.4. The Morgan fingerprint density at radius 1 is 0.861 bits per heavy atom. The van der Waals surface area contributed by atoms with Crippen LogP contribution in [0, 0.1) is 29.6 Å². The standard InChI is InChI=1S/C56H92N2O13Si/c1-34-20-16-15-17-21-35(2)46(66-10)32-41-25-23-39(6)56(65,70-41)52(62)53(63)58-27-19-18-22-43(58)54(64)69-47(33-44(59)36(3)29-38(5)51(68-12)50(61)49(60)37(4)28-34)42(57)30-40-24-26-45(48(31-40)67-11)71-72(13,14)55(7,8)9/h15-17,20-21,29,34,36-37,39-43,45-48,50-51,61,65H,18-19,22-28,30-33,57H2,1-14H3/b17-15+,20-16+,35-21+,38-29+/t34-,36-,37-,39-,40+,41+,42-,43+,45?,46+,47+,48-,50+,51-,56-/m1/s1. The van der Waals surface area contributed by atoms with E-state index in [1.165, 1.54) is 12.0 Å². The van der Waals surface area contributed by atoms with Gasteiger partial charge >= 0.3 is 5.97 Å². The molecule has 4 rings (SSSR count). The second kappa shape index (κ2) is 27.0. The van der Waals surface area contributed by atoms with Gasteiger partial charge < -0.3 is 49.0 Å². The predicted molar refractivity (Wildman–Crippen MR) is 280 cm³/mol. The van der Waals surface area contributed by atoms with E-state index in [4.69, 9.17) is 33.8 Å². The Bertz CT molecular complexity index is 1980. The van der Waals surface area contributed by atoms with Gasteiger partial charge in [0.15, 0.2) is 14.1 Å². The van der Waals surface area contributed by atoms with Gasteiger partial charge in [0.25, 0.3) is 11.7 Å². The molecular weight excluding hydrogens is 937 g/mol. The lowest BCUT2D eigenvalue weighted by molar-refractivity contribution is -0.265. The lowest BCUT2D eigenvalue weighted by Crippen LogP contribution is -2.61. The first-order valence-corrected chi connectivity index (χ1v) is 29.5. The van der Waals surface area contributed by atoms with Gasteiger partial charge in [-0.1, -0.05) is 84.9 Å². The van der Waals surface area contributed by atoms with E-state index >= 15 is 0 Å². The number of hydrogen-bond donors (Lipinski definition) is 3. The number of ether oxygens (including phenoxy) is 5. The maximum absolute atomic E-state index is 14.5. The van der Waals surface area contributed by atoms with Crippen LogP contribution < -0.4 is 5.73 Å². The highest BCUT2D eigenvalue weighted by atomic mass is 28.4. The molecule has 1 unspecified atom stereocenters. The van der Waals surface area contributed by atoms with Crippen LogP contribution in [0.4, 0.5) is 0 Å². The summed E-state index contributed by atoms with van der Waals surface area (Å²) in [6, 6.07) is -1.99. The summed E-state index contributed by atoms with van der Waals surface area (Å²) in [7, 11) is 2.56. The van der Waals surface area contributed by atoms with Gasteiger partial charge in [-0.15, -0.1) is 0 Å². The van der Waals surface area contributed by atoms with Crippen LogP contribution in [0.2, 0.25) is 18.1 Å². The van der Waals surface area contributed by atoms with Gasteiger partial charge in [-0.2, -0.15) is 0 Å². The molecular formula is C56H92N2O13Si. The molecule has 408 valence electrons. The highest BCUT2D eigenvalue weighted by Crippen LogP contribution is 2.42. The lowest BCUT2D eigenvalue weighted by atomic mass is 9.80. The zero-order chi connectivity index (χ0) is 53.9. The molecule has 0 radical (unpaired) electrons. The van der Waals surface area contributed by atoms with Crippen LogP contribution in [0.5, 0.6) is 0 Å². The number of nitrogens with zero attached hydrogens (tertiary/aromatic N) is 1. The minimum absolute atomic E-state index is 0.00457. The van der Waals surface area contributed by atoms with Crippen molar-refractivity contribution in [3.05, 3.63) is 47.6 Å². The zero-order valence-corrected chi connectivity index (χ0v) is 47.1. The van der Waals surface area contributed by atoms with Crippen molar-refractivity contribution in [1.82, 2.24) is 4.90 Å². The molecule has 0 aromatic rings. The van der Waals surface area contributed by atoms with Crippen LogP contribution in [0.1, 0.15) is 139 Å². The van der Waals surface area contributed by atoms with E-state index in [0.29, 0.717) is 56.9 Å². The fraction of sp³-hybridized carbons (Fsp3) is 0.768. The van der Waals surface area contributed by atoms with Crippen LogP contribution in [-0.2, 0) is 52.1 Å². The maximum Gasteiger partial charge on any atom is 0.329 e. The Kier molecular flexibility index (Phi) is 23.0. The number of hydrogen-bond acceptors (Lipinski definition) is 14. The first kappa shape index (κ1) is 61.4. The predicted octanol–water partition coefficient (Wildman–Crippen LogP) is 7.90. The van der Waals surface area contributed by atoms with Crippen molar-refractivity contribution in [1.29, 1.82) is 0 Å². The van der Waals surface area contributed by atoms with E-state index in [0.717, 1.165) is 18.4 Å². The second-order valence-electron chi connectivity index (χ2n) is 23.1. The number of aliphatic hydroxyl groups is 2. The van der Waals surface area contributed by atoms with Gasteiger partial charge in [0, 0.05) is 64.5 Å². The molecule has 4 aliphatic rings. The van der Waals surface area contributed by atoms with Crippen molar-refractivity contribution in [3.8, 4) is 0 Å². The van der Waals surface area contributed by atoms with Crippen LogP contribution in [0.25, 0.3) is 0 Å². The number of carbonyl (C=O) groups is 5. The molecule has 2 saturated heterocycles. The molecule has 1 aliphatic carbocycles. The normalized spacial score (nSPS) is 38.2. The van der Waals surface area contributed by atoms with E-state index in [-0.39, 0.29) is 60.0 Å². The monoisotopic (exact) mass is 1030 g/mol. The number of rotatable bonds is 8. The summed E-state index contributed by atoms with van der Waals surface area (Å²) in [4.78, 5) is 72.4. The Morgan fingerprint density at radius 2 is 1.56 bits per heavy atom. The van der Waals surface area contributed by atoms with Gasteiger partial charge in [-0.05, 0) is 119 Å². The average Bonchev–Trinajstić information content (AvgIpc) is 3.32. The zero-order valence-electron chi connectivity index (χ0n) is 46.1. The van der Waals surface area contributed by atoms with Gasteiger partial charge in [-0.3, -0.25) is 19.2 Å². The van der Waals surface area contributed by atoms with Gasteiger partial charge in [0.05, 0.1) is 24.4 Å². The molecule has 15 atom stereocenters. The Labute approximate surface area is 432 Å². The molecule has 0 spiro atoms. The molecule has 15 nitrogen and oxygen atoms in total. The van der Waals surface area contributed by atoms with Crippen molar-refractivity contribution in [2.24, 2.45) is 35.3 Å². The molecule has 0 aromatic heterocycles. The van der Waals surface area contributed by atoms with Gasteiger partial charge in [0.2, 0.25) is 5.79 Å². The van der Waals surface area contributed by atoms with Crippen LogP contribution in [0.3, 0.4) is 0 Å². The smallest absolute Gasteiger partial charge is 0.329 e. The molecule has 3 aliphatic heterocycles. The fourth-order valence-electron chi connectivity index (χ4n) is 10.7. The third kappa shape index (κ3) is 15.9. The second-order valence-corrected chi connectivity index (χ2v) is 27.9. The van der Waals surface area contributed by atoms with Crippen molar-refractivity contribution >= 4 is 37.5 Å². The van der Waals surface area contributed by atoms with E-state index < -0.39 is 92.1 Å². The number of fused-ring (bicyclic) bond motifs is 3. The quantitative estimate of drug-likeness (QED) is 0.0914. The largest absolute Gasteiger partial charge is 0.459 e. The molecule has 3 heterocycles. The number of nitrogens with two attached hydrogens (primary N) is 1. The molecule has 0 aromatic carbocycles. The fourth-order valence-corrected chi connectivity index (χ4v) is 12.0. The number of aliphatic hydroxyl groups excluding tert-OH is 1. The molecule has 16 heteroatoms. The van der Waals surface area contributed by atoms with Crippen molar-refractivity contribution in [3.63, 3.8) is 0 Å². The number of cyclic esters (lactones) is 1. The molecule has 72 heavy (non-hydrogen) atoms. The molecule has 2 bridgehead atoms. The van der Waals surface area contributed by atoms with Crippen molar-refractivity contribution in [2.45, 2.75) is 218 Å². The summed E-state index contributed by atoms with van der Waals surface area (Å²) in [6.07, 6.45) is 11.5. The van der Waals surface area contributed by atoms with Crippen LogP contribution in [-0.4, -0.2) is 141 Å². The molecule has 1 amide bonds. The van der Waals surface area contributed by atoms with E-state index in [1.54, 1.807) is 48.0 Å². The molecule has 1 saturated carbocycles. The number of allylic oxidation sites excluding steroid dienone is 6. The van der Waals surface area contributed by atoms with Gasteiger partial charge in [0.1, 0.15) is 30.1 Å². The molecule has 3 fully saturated rings. The number of carbonyl (C=O) groups excluding carboxylic acids is 5. The van der Waals surface area contributed by atoms with Crippen molar-refractivity contribution in [2.75, 3.05) is 27.9 Å². The first-order chi connectivity index (χ1) is 33.7. The van der Waals surface area contributed by atoms with Crippen LogP contribution in [0.15, 0.2) is 47.6 Å². The number of piperidine rings is 1. The maximum atomic E-state index is 14.5. The third-order valence-corrected chi connectivity index (χ3v) is 20.9. The van der Waals surface area contributed by atoms with E-state index in [1.807, 2.05) is 44.2 Å². The average molecular weight is 1030 g/mol. The summed E-state index contributed by atoms with van der Waals surface area (Å²) < 4.78 is 36.9. The number of methoxy groups -OCH3 is 3. The Balaban J connectivity index is 1.70. The van der Waals surface area contributed by atoms with Gasteiger partial charge in [-0.25, -0.2) is 4.79 Å². The van der Waals surface area contributed by atoms with Crippen LogP contribution >= 0.6 is 0 Å². The topological polar surface area (TPSA) is 210 Å². The number of Topliss-reactive ketones (excluding diaryl/α,β-unsaturated/α-hetero) is 3. The minimum atomic E-state index is -2.45. The number of esters is 1. The summed E-state index contributed by atoms with van der Waals surface area (Å²) in [5.41, 5.74) is 8.40. The first-order valence-electron chi connectivity index (χ1n) is 26.6. The number of ketones is 3. The summed E-state index contributed by atoms with van der Waals surface area (Å²) >= 11 is 0. The summed E-state index contributed by atoms with van der Waals surface area (Å²) in [6.45, 7) is 21.9. The Hall–Kier alpha value is -3.19. The van der Waals surface area contributed by atoms with E-state index in [2.05, 4.69) is 33.9 Å². The van der Waals surface area contributed by atoms with E-state index in [9.17, 15) is 34.2 Å². The van der Waals surface area contributed by atoms with Crippen molar-refractivity contribution < 1.29 is 62.3 Å². The minimum Gasteiger partial charge on any atom is -0.459 e. The highest BCUT2D eigenvalue weighted by molar-refractivity contribution is 6.74. The SMILES string of the molecule is CO[C@H]1C[C@@H]2CC[C@@H](C)[C@@](O)(O2)C(=O)C(=O)N2CCCC[C@H]2C(=O)O[C@H]([C@H](N)C[C@@H]2CCC(O[Si](C)(C)C(C)(C)C)[C@H](OC)C2)CC(=O)[C@H](C)/C=C(\C)[C@@H](OC)[C@@H](O)C(=O)[C@H](C)C[C@H](C)/C=C/C=C/C=C/1C. The Morgan fingerprint density at radius 3 is 2.19 bits per heavy atom. The lowest BCUT2D eigenvalue weighted by Gasteiger charge is -2.44. The summed E-state index contributed by atoms with van der Waals surface area (Å²) in [5.74, 6) is -8.06. The molecule has 4 N–H and O–H groups in total. The highest BCUT2D eigenvalue weighted by Gasteiger charge is 2.53. The number of amides is 1.